The van der Waals surface area contributed by atoms with Crippen molar-refractivity contribution < 1.29 is 120 Å². The van der Waals surface area contributed by atoms with E-state index in [1.807, 2.05) is 0 Å². The quantitative estimate of drug-likeness (QED) is 0.245. The van der Waals surface area contributed by atoms with Crippen molar-refractivity contribution in [2.45, 2.75) is 0 Å². The van der Waals surface area contributed by atoms with Crippen LogP contribution in [0.3, 0.4) is 0 Å². The van der Waals surface area contributed by atoms with Crippen molar-refractivity contribution in [3.8, 4) is 0 Å². The molecule has 4 N–H and O–H groups in total. The molecule has 0 aromatic rings. The molecule has 0 amide bonds. The molecule has 0 unspecified atom stereocenters. The second-order valence-corrected chi connectivity index (χ2v) is 1.38. The maximum atomic E-state index is 8.67. The van der Waals surface area contributed by atoms with Gasteiger partial charge in [0.2, 0.25) is 0 Å². The molecule has 0 rings (SSSR count). The summed E-state index contributed by atoms with van der Waals surface area (Å²) in [5, 5.41) is 0. The molecule has 0 aromatic carbocycles. The molecule has 0 heterocycles. The van der Waals surface area contributed by atoms with Gasteiger partial charge in [0, 0.05) is 0 Å². The average Bonchev–Trinajstić information content (AvgIpc) is 1.25. The predicted molar refractivity (Wildman–Crippen MR) is 30.1 cm³/mol. The fourth-order valence-corrected chi connectivity index (χ4v) is 0. The van der Waals surface area contributed by atoms with Crippen molar-refractivity contribution in [1.29, 1.82) is 0 Å². The van der Waals surface area contributed by atoms with Crippen LogP contribution in [-0.2, 0) is 22.7 Å². The molecule has 11 heteroatoms. The Morgan fingerprint density at radius 3 is 0.727 bits per heavy atom. The molecule has 0 bridgehead atoms. The molecule has 0 atom stereocenters. The van der Waals surface area contributed by atoms with E-state index in [2.05, 4.69) is 0 Å². The minimum atomic E-state index is -2.61. The Kier molecular flexibility index (Phi) is 61.6. The van der Waals surface area contributed by atoms with Gasteiger partial charge in [-0.05, 0) is 0 Å². The van der Waals surface area contributed by atoms with Crippen molar-refractivity contribution in [2.24, 2.45) is 0 Å². The fourth-order valence-electron chi connectivity index (χ4n) is 0. The Hall–Kier alpha value is 3.14. The molecule has 0 spiro atoms. The molecule has 0 aliphatic carbocycles. The van der Waals surface area contributed by atoms with Crippen LogP contribution < -0.4 is 88.7 Å². The molecule has 0 fully saturated rings. The van der Waals surface area contributed by atoms with Gasteiger partial charge in [0.1, 0.15) is 0 Å². The van der Waals surface area contributed by atoms with E-state index in [1.165, 1.54) is 0 Å². The smallest absolute Gasteiger partial charge is 1.00 e. The molecule has 58 valence electrons. The predicted octanol–water partition coefficient (Wildman–Crippen LogP) is -9.29. The first-order chi connectivity index (χ1) is 3.46. The summed E-state index contributed by atoms with van der Waals surface area (Å²) in [7, 11) is 0. The Labute approximate surface area is 140 Å². The maximum absolute atomic E-state index is 8.67. The molecule has 0 aliphatic heterocycles. The van der Waals surface area contributed by atoms with Crippen molar-refractivity contribution in [2.75, 3.05) is 0 Å². The van der Waals surface area contributed by atoms with Gasteiger partial charge in [0.05, 0.1) is 0 Å². The topological polar surface area (TPSA) is 115 Å². The monoisotopic (exact) mass is 236 g/mol. The standard InChI is InChI=1S/3Na.2H2O3S.3H/c;;;2*1-4(2)3;;;/h;;;2*(H2,1,2,3);;;/q3*+1;;;3*-1. The van der Waals surface area contributed by atoms with Crippen LogP contribution in [0, 0.1) is 0 Å². The minimum absolute atomic E-state index is 0. The molecule has 0 aliphatic rings. The van der Waals surface area contributed by atoms with Crippen molar-refractivity contribution in [3.63, 3.8) is 0 Å². The average molecular weight is 236 g/mol. The van der Waals surface area contributed by atoms with Gasteiger partial charge in [-0.2, -0.15) is 8.42 Å². The first-order valence-electron chi connectivity index (χ1n) is 1.06. The molecule has 0 radical (unpaired) electrons. The van der Waals surface area contributed by atoms with Crippen LogP contribution in [0.5, 0.6) is 0 Å². The van der Waals surface area contributed by atoms with Gasteiger partial charge < -0.3 is 4.28 Å². The number of hydrogen-bond acceptors (Lipinski definition) is 2. The van der Waals surface area contributed by atoms with Crippen molar-refractivity contribution in [3.05, 3.63) is 0 Å². The second-order valence-electron chi connectivity index (χ2n) is 0.461. The van der Waals surface area contributed by atoms with Crippen LogP contribution in [0.15, 0.2) is 0 Å². The summed E-state index contributed by atoms with van der Waals surface area (Å²) >= 11 is -5.22. The zero-order chi connectivity index (χ0) is 7.15. The van der Waals surface area contributed by atoms with Crippen LogP contribution in [0.4, 0.5) is 0 Å². The van der Waals surface area contributed by atoms with Gasteiger partial charge in [-0.3, -0.25) is 18.2 Å². The molecule has 6 nitrogen and oxygen atoms in total. The Balaban J connectivity index is -0.00000000600. The Bertz CT molecular complexity index is 84.3. The van der Waals surface area contributed by atoms with Gasteiger partial charge in [-0.15, -0.1) is 0 Å². The summed E-state index contributed by atoms with van der Waals surface area (Å²) in [6.45, 7) is 0. The van der Waals surface area contributed by atoms with Gasteiger partial charge >= 0.3 is 88.7 Å². The molecule has 11 heavy (non-hydrogen) atoms. The molecular weight excluding hydrogens is 229 g/mol. The zero-order valence-corrected chi connectivity index (χ0v) is 14.1. The third kappa shape index (κ3) is 165. The van der Waals surface area contributed by atoms with Gasteiger partial charge in [-0.1, -0.05) is 0 Å². The number of rotatable bonds is 0. The molecule has 0 saturated carbocycles. The van der Waals surface area contributed by atoms with Crippen LogP contribution >= 0.6 is 0 Å². The minimum Gasteiger partial charge on any atom is -1.00 e. The summed E-state index contributed by atoms with van der Waals surface area (Å²) in [6.07, 6.45) is 0. The van der Waals surface area contributed by atoms with Crippen molar-refractivity contribution >= 4 is 22.7 Å². The van der Waals surface area contributed by atoms with Crippen LogP contribution in [0.2, 0.25) is 0 Å². The third-order valence-corrected chi connectivity index (χ3v) is 0. The summed E-state index contributed by atoms with van der Waals surface area (Å²) < 4.78 is 45.7. The normalized spacial score (nSPS) is 6.36. The van der Waals surface area contributed by atoms with Gasteiger partial charge in [0.25, 0.3) is 22.7 Å². The second kappa shape index (κ2) is 23.2. The van der Waals surface area contributed by atoms with E-state index in [0.717, 1.165) is 0 Å². The van der Waals surface area contributed by atoms with Crippen LogP contribution in [0.25, 0.3) is 0 Å². The summed E-state index contributed by atoms with van der Waals surface area (Å²) in [6, 6.07) is 0. The first kappa shape index (κ1) is 29.2. The van der Waals surface area contributed by atoms with Crippen LogP contribution in [0.1, 0.15) is 4.28 Å². The van der Waals surface area contributed by atoms with E-state index in [1.54, 1.807) is 0 Å². The zero-order valence-electron chi connectivity index (χ0n) is 9.42. The first-order valence-corrected chi connectivity index (χ1v) is 3.19. The third-order valence-electron chi connectivity index (χ3n) is 0. The fraction of sp³-hybridized carbons (Fsp3) is 0. The van der Waals surface area contributed by atoms with E-state index in [0.29, 0.717) is 0 Å². The SMILES string of the molecule is O=S(O)O.O=S(O)O.[H-].[H-].[H-].[Na+].[Na+].[Na+]. The Morgan fingerprint density at radius 1 is 0.727 bits per heavy atom. The van der Waals surface area contributed by atoms with E-state index in [4.69, 9.17) is 26.6 Å². The van der Waals surface area contributed by atoms with Gasteiger partial charge in [0.15, 0.2) is 0 Å². The molecule has 0 saturated heterocycles. The number of hydrogen-bond donors (Lipinski definition) is 4. The van der Waals surface area contributed by atoms with Crippen molar-refractivity contribution in [1.82, 2.24) is 0 Å². The summed E-state index contributed by atoms with van der Waals surface area (Å²) in [5.41, 5.74) is 0. The van der Waals surface area contributed by atoms with E-state index in [9.17, 15) is 0 Å². The summed E-state index contributed by atoms with van der Waals surface area (Å²) in [4.78, 5) is 0. The summed E-state index contributed by atoms with van der Waals surface area (Å²) in [5.74, 6) is 0. The molecule has 0 aromatic heterocycles. The van der Waals surface area contributed by atoms with E-state index < -0.39 is 22.7 Å². The Morgan fingerprint density at radius 2 is 0.727 bits per heavy atom. The van der Waals surface area contributed by atoms with Crippen LogP contribution in [-0.4, -0.2) is 26.6 Å². The van der Waals surface area contributed by atoms with E-state index in [-0.39, 0.29) is 93.0 Å². The maximum Gasteiger partial charge on any atom is 1.00 e. The largest absolute Gasteiger partial charge is 1.00 e. The van der Waals surface area contributed by atoms with Gasteiger partial charge in [-0.25, -0.2) is 0 Å². The van der Waals surface area contributed by atoms with E-state index >= 15 is 0 Å². The molecular formula is H7Na3O6S2.